The lowest BCUT2D eigenvalue weighted by atomic mass is 9.93. The van der Waals surface area contributed by atoms with Crippen LogP contribution < -0.4 is 5.32 Å². The molecule has 1 unspecified atom stereocenters. The number of rotatable bonds is 7. The average molecular weight is 273 g/mol. The van der Waals surface area contributed by atoms with Gasteiger partial charge in [-0.15, -0.1) is 0 Å². The third-order valence-electron chi connectivity index (χ3n) is 3.65. The Labute approximate surface area is 120 Å². The minimum atomic E-state index is -0.442. The number of benzene rings is 1. The van der Waals surface area contributed by atoms with Gasteiger partial charge in [0.2, 0.25) is 0 Å². The second-order valence-electron chi connectivity index (χ2n) is 5.29. The van der Waals surface area contributed by atoms with E-state index in [0.29, 0.717) is 6.54 Å². The molecule has 0 radical (unpaired) electrons. The first-order valence-electron chi connectivity index (χ1n) is 7.10. The summed E-state index contributed by atoms with van der Waals surface area (Å²) in [5, 5.41) is 13.2. The molecule has 4 heteroatoms. The second-order valence-corrected chi connectivity index (χ2v) is 5.29. The van der Waals surface area contributed by atoms with E-state index in [1.807, 2.05) is 49.8 Å². The highest BCUT2D eigenvalue weighted by Crippen LogP contribution is 2.20. The van der Waals surface area contributed by atoms with Crippen LogP contribution in [0.25, 0.3) is 0 Å². The number of hydrogen-bond acceptors (Lipinski definition) is 3. The van der Waals surface area contributed by atoms with Crippen molar-refractivity contribution in [2.45, 2.75) is 38.9 Å². The number of aliphatic hydroxyl groups excluding tert-OH is 1. The smallest absolute Gasteiger partial charge is 0.0948 e. The van der Waals surface area contributed by atoms with Gasteiger partial charge in [-0.1, -0.05) is 37.3 Å². The molecule has 2 rings (SSSR count). The molecule has 0 bridgehead atoms. The molecule has 20 heavy (non-hydrogen) atoms. The summed E-state index contributed by atoms with van der Waals surface area (Å²) in [5.74, 6) is 0. The molecule has 0 spiro atoms. The minimum absolute atomic E-state index is 0.0545. The number of hydrogen-bond donors (Lipinski definition) is 2. The summed E-state index contributed by atoms with van der Waals surface area (Å²) in [4.78, 5) is 4.20. The summed E-state index contributed by atoms with van der Waals surface area (Å²) in [5.41, 5.74) is 1.79. The third kappa shape index (κ3) is 3.26. The van der Waals surface area contributed by atoms with Crippen molar-refractivity contribution < 1.29 is 5.11 Å². The van der Waals surface area contributed by atoms with Crippen LogP contribution in [0.1, 0.15) is 31.5 Å². The van der Waals surface area contributed by atoms with Gasteiger partial charge in [0.15, 0.2) is 0 Å². The molecule has 1 atom stereocenters. The fourth-order valence-electron chi connectivity index (χ4n) is 2.28. The van der Waals surface area contributed by atoms with E-state index in [1.165, 1.54) is 0 Å². The quantitative estimate of drug-likeness (QED) is 0.814. The van der Waals surface area contributed by atoms with Gasteiger partial charge in [-0.25, -0.2) is 4.98 Å². The molecule has 2 N–H and O–H groups in total. The van der Waals surface area contributed by atoms with Crippen molar-refractivity contribution in [2.24, 2.45) is 0 Å². The molecule has 0 saturated carbocycles. The summed E-state index contributed by atoms with van der Waals surface area (Å²) >= 11 is 0. The maximum Gasteiger partial charge on any atom is 0.0948 e. The van der Waals surface area contributed by atoms with Crippen LogP contribution in [-0.4, -0.2) is 21.3 Å². The van der Waals surface area contributed by atoms with Crippen LogP contribution >= 0.6 is 0 Å². The number of nitrogens with one attached hydrogen (secondary N) is 1. The van der Waals surface area contributed by atoms with Crippen LogP contribution in [0.3, 0.4) is 0 Å². The van der Waals surface area contributed by atoms with Gasteiger partial charge in [0.25, 0.3) is 0 Å². The largest absolute Gasteiger partial charge is 0.394 e. The Kier molecular flexibility index (Phi) is 4.93. The third-order valence-corrected chi connectivity index (χ3v) is 3.65. The van der Waals surface area contributed by atoms with Crippen molar-refractivity contribution in [2.75, 3.05) is 6.61 Å². The van der Waals surface area contributed by atoms with E-state index >= 15 is 0 Å². The molecule has 0 aliphatic rings. The molecular weight excluding hydrogens is 250 g/mol. The van der Waals surface area contributed by atoms with Crippen molar-refractivity contribution in [3.63, 3.8) is 0 Å². The Balaban J connectivity index is 2.09. The topological polar surface area (TPSA) is 50.1 Å². The van der Waals surface area contributed by atoms with Crippen LogP contribution in [0.2, 0.25) is 0 Å². The maximum absolute atomic E-state index is 9.76. The van der Waals surface area contributed by atoms with Gasteiger partial charge in [0, 0.05) is 19.3 Å². The SMILES string of the molecule is CCCn1cncc1CNC(C)(CO)c1ccccc1. The first-order valence-corrected chi connectivity index (χ1v) is 7.10. The van der Waals surface area contributed by atoms with Crippen molar-refractivity contribution in [1.29, 1.82) is 0 Å². The fraction of sp³-hybridized carbons (Fsp3) is 0.438. The van der Waals surface area contributed by atoms with E-state index in [-0.39, 0.29) is 6.61 Å². The van der Waals surface area contributed by atoms with E-state index in [2.05, 4.69) is 21.8 Å². The number of imidazole rings is 1. The van der Waals surface area contributed by atoms with E-state index in [9.17, 15) is 5.11 Å². The molecule has 1 aromatic heterocycles. The van der Waals surface area contributed by atoms with Crippen LogP contribution in [0.4, 0.5) is 0 Å². The van der Waals surface area contributed by atoms with E-state index < -0.39 is 5.54 Å². The Hall–Kier alpha value is -1.65. The first kappa shape index (κ1) is 14.8. The predicted octanol–water partition coefficient (Wildman–Crippen LogP) is 2.29. The Morgan fingerprint density at radius 3 is 2.70 bits per heavy atom. The lowest BCUT2D eigenvalue weighted by Crippen LogP contribution is -2.42. The minimum Gasteiger partial charge on any atom is -0.394 e. The van der Waals surface area contributed by atoms with Crippen molar-refractivity contribution in [3.8, 4) is 0 Å². The van der Waals surface area contributed by atoms with Gasteiger partial charge in [0.05, 0.1) is 24.2 Å². The molecule has 108 valence electrons. The number of aryl methyl sites for hydroxylation is 1. The zero-order valence-corrected chi connectivity index (χ0v) is 12.2. The standard InChI is InChI=1S/C16H23N3O/c1-3-9-19-13-17-10-15(19)11-18-16(2,12-20)14-7-5-4-6-8-14/h4-8,10,13,18,20H,3,9,11-12H2,1-2H3. The Bertz CT molecular complexity index is 524. The van der Waals surface area contributed by atoms with E-state index in [1.54, 1.807) is 0 Å². The molecule has 4 nitrogen and oxygen atoms in total. The van der Waals surface area contributed by atoms with Crippen LogP contribution in [-0.2, 0) is 18.6 Å². The van der Waals surface area contributed by atoms with Gasteiger partial charge in [-0.05, 0) is 18.9 Å². The van der Waals surface area contributed by atoms with Crippen molar-refractivity contribution in [3.05, 3.63) is 54.1 Å². The number of aromatic nitrogens is 2. The highest BCUT2D eigenvalue weighted by Gasteiger charge is 2.25. The highest BCUT2D eigenvalue weighted by molar-refractivity contribution is 5.23. The van der Waals surface area contributed by atoms with Gasteiger partial charge < -0.3 is 15.0 Å². The molecule has 2 aromatic rings. The normalized spacial score (nSPS) is 14.2. The molecule has 1 aromatic carbocycles. The molecule has 0 amide bonds. The molecule has 1 heterocycles. The second kappa shape index (κ2) is 6.68. The maximum atomic E-state index is 9.76. The molecule has 0 fully saturated rings. The molecular formula is C16H23N3O. The molecule has 0 aliphatic heterocycles. The van der Waals surface area contributed by atoms with E-state index in [4.69, 9.17) is 0 Å². The first-order chi connectivity index (χ1) is 9.69. The van der Waals surface area contributed by atoms with Crippen molar-refractivity contribution in [1.82, 2.24) is 14.9 Å². The van der Waals surface area contributed by atoms with Gasteiger partial charge in [-0.2, -0.15) is 0 Å². The number of aliphatic hydroxyl groups is 1. The highest BCUT2D eigenvalue weighted by atomic mass is 16.3. The van der Waals surface area contributed by atoms with Crippen LogP contribution in [0.5, 0.6) is 0 Å². The Morgan fingerprint density at radius 2 is 2.05 bits per heavy atom. The van der Waals surface area contributed by atoms with Gasteiger partial charge in [-0.3, -0.25) is 0 Å². The fourth-order valence-corrected chi connectivity index (χ4v) is 2.28. The van der Waals surface area contributed by atoms with Crippen molar-refractivity contribution >= 4 is 0 Å². The Morgan fingerprint density at radius 1 is 1.30 bits per heavy atom. The summed E-state index contributed by atoms with van der Waals surface area (Å²) < 4.78 is 2.15. The summed E-state index contributed by atoms with van der Waals surface area (Å²) in [6, 6.07) is 10.0. The van der Waals surface area contributed by atoms with Gasteiger partial charge >= 0.3 is 0 Å². The zero-order valence-electron chi connectivity index (χ0n) is 12.2. The predicted molar refractivity (Wildman–Crippen MR) is 80.2 cm³/mol. The molecule has 0 saturated heterocycles. The number of nitrogens with zero attached hydrogens (tertiary/aromatic N) is 2. The van der Waals surface area contributed by atoms with E-state index in [0.717, 1.165) is 24.2 Å². The summed E-state index contributed by atoms with van der Waals surface area (Å²) in [6.07, 6.45) is 4.82. The monoisotopic (exact) mass is 273 g/mol. The molecule has 0 aliphatic carbocycles. The summed E-state index contributed by atoms with van der Waals surface area (Å²) in [7, 11) is 0. The van der Waals surface area contributed by atoms with Crippen LogP contribution in [0, 0.1) is 0 Å². The zero-order chi connectivity index (χ0) is 14.4. The summed E-state index contributed by atoms with van der Waals surface area (Å²) in [6.45, 7) is 5.88. The average Bonchev–Trinajstić information content (AvgIpc) is 2.93. The lowest BCUT2D eigenvalue weighted by molar-refractivity contribution is 0.172. The lowest BCUT2D eigenvalue weighted by Gasteiger charge is -2.29. The van der Waals surface area contributed by atoms with Gasteiger partial charge in [0.1, 0.15) is 0 Å². The van der Waals surface area contributed by atoms with Crippen LogP contribution in [0.15, 0.2) is 42.9 Å².